The Morgan fingerprint density at radius 1 is 1.05 bits per heavy atom. The summed E-state index contributed by atoms with van der Waals surface area (Å²) in [7, 11) is 0. The van der Waals surface area contributed by atoms with Crippen LogP contribution < -0.4 is 5.32 Å². The van der Waals surface area contributed by atoms with Crippen LogP contribution in [0.1, 0.15) is 32.6 Å². The average Bonchev–Trinajstić information content (AvgIpc) is 2.30. The van der Waals surface area contributed by atoms with Gasteiger partial charge < -0.3 is 20.4 Å². The Balaban J connectivity index is 2.51. The van der Waals surface area contributed by atoms with Gasteiger partial charge in [0.2, 0.25) is 0 Å². The molecule has 0 heterocycles. The second kappa shape index (κ2) is 6.96. The summed E-state index contributed by atoms with van der Waals surface area (Å²) in [6, 6.07) is -0.613. The molecule has 0 aromatic carbocycles. The fourth-order valence-electron chi connectivity index (χ4n) is 2.20. The van der Waals surface area contributed by atoms with Crippen LogP contribution in [0.5, 0.6) is 0 Å². The maximum Gasteiger partial charge on any atom is 0.323 e. The summed E-state index contributed by atoms with van der Waals surface area (Å²) in [5.74, 6) is -1.82. The van der Waals surface area contributed by atoms with E-state index >= 15 is 0 Å². The number of urea groups is 1. The largest absolute Gasteiger partial charge is 0.480 e. The minimum atomic E-state index is -1.23. The van der Waals surface area contributed by atoms with Crippen molar-refractivity contribution in [3.63, 3.8) is 0 Å². The molecule has 0 saturated heterocycles. The molecule has 7 nitrogen and oxygen atoms in total. The highest BCUT2D eigenvalue weighted by Crippen LogP contribution is 2.23. The highest BCUT2D eigenvalue weighted by atomic mass is 16.4. The highest BCUT2D eigenvalue weighted by Gasteiger charge is 2.24. The predicted octanol–water partition coefficient (Wildman–Crippen LogP) is 0.746. The van der Waals surface area contributed by atoms with Crippen molar-refractivity contribution < 1.29 is 24.6 Å². The lowest BCUT2D eigenvalue weighted by molar-refractivity contribution is -0.140. The first-order valence-corrected chi connectivity index (χ1v) is 6.37. The van der Waals surface area contributed by atoms with Crippen LogP contribution in [0.15, 0.2) is 0 Å². The van der Waals surface area contributed by atoms with Gasteiger partial charge >= 0.3 is 18.0 Å². The number of aliphatic carboxylic acids is 2. The molecule has 1 saturated carbocycles. The molecular weight excluding hydrogens is 252 g/mol. The molecule has 108 valence electrons. The van der Waals surface area contributed by atoms with Crippen molar-refractivity contribution >= 4 is 18.0 Å². The minimum Gasteiger partial charge on any atom is -0.480 e. The Morgan fingerprint density at radius 3 is 1.95 bits per heavy atom. The predicted molar refractivity (Wildman–Crippen MR) is 66.8 cm³/mol. The summed E-state index contributed by atoms with van der Waals surface area (Å²) < 4.78 is 0. The summed E-state index contributed by atoms with van der Waals surface area (Å²) >= 11 is 0. The van der Waals surface area contributed by atoms with E-state index in [2.05, 4.69) is 12.2 Å². The molecule has 2 amide bonds. The molecule has 0 spiro atoms. The molecule has 1 aliphatic carbocycles. The highest BCUT2D eigenvalue weighted by molar-refractivity contribution is 5.84. The Hall–Kier alpha value is -1.79. The van der Waals surface area contributed by atoms with E-state index in [-0.39, 0.29) is 6.04 Å². The fourth-order valence-corrected chi connectivity index (χ4v) is 2.20. The molecule has 1 rings (SSSR count). The van der Waals surface area contributed by atoms with Gasteiger partial charge in [-0.1, -0.05) is 6.92 Å². The van der Waals surface area contributed by atoms with E-state index in [4.69, 9.17) is 10.2 Å². The Labute approximate surface area is 111 Å². The first-order chi connectivity index (χ1) is 8.88. The quantitative estimate of drug-likeness (QED) is 0.684. The van der Waals surface area contributed by atoms with Crippen LogP contribution in [0.25, 0.3) is 0 Å². The Kier molecular flexibility index (Phi) is 5.59. The third-order valence-electron chi connectivity index (χ3n) is 3.28. The number of carboxylic acid groups (broad SMARTS) is 2. The van der Waals surface area contributed by atoms with Gasteiger partial charge in [-0.2, -0.15) is 0 Å². The second-order valence-electron chi connectivity index (χ2n) is 5.05. The summed E-state index contributed by atoms with van der Waals surface area (Å²) in [5.41, 5.74) is 0. The van der Waals surface area contributed by atoms with Crippen LogP contribution in [0, 0.1) is 5.92 Å². The molecule has 0 bridgehead atoms. The molecule has 0 radical (unpaired) electrons. The van der Waals surface area contributed by atoms with Gasteiger partial charge in [-0.3, -0.25) is 9.59 Å². The SMILES string of the molecule is CC1CCC(NC(=O)N(CC(=O)O)CC(=O)O)CC1. The van der Waals surface area contributed by atoms with Crippen molar-refractivity contribution in [2.24, 2.45) is 5.92 Å². The zero-order valence-corrected chi connectivity index (χ0v) is 11.0. The normalized spacial score (nSPS) is 22.6. The number of nitrogens with one attached hydrogen (secondary N) is 1. The van der Waals surface area contributed by atoms with E-state index in [0.717, 1.165) is 30.6 Å². The maximum atomic E-state index is 11.9. The number of hydrogen-bond donors (Lipinski definition) is 3. The molecule has 3 N–H and O–H groups in total. The lowest BCUT2D eigenvalue weighted by atomic mass is 9.87. The number of rotatable bonds is 5. The molecule has 0 unspecified atom stereocenters. The summed E-state index contributed by atoms with van der Waals surface area (Å²) in [5, 5.41) is 20.1. The van der Waals surface area contributed by atoms with Gasteiger partial charge in [0.15, 0.2) is 0 Å². The van der Waals surface area contributed by atoms with Gasteiger partial charge in [0, 0.05) is 6.04 Å². The lowest BCUT2D eigenvalue weighted by Crippen LogP contribution is -2.49. The van der Waals surface area contributed by atoms with E-state index in [1.807, 2.05) is 0 Å². The average molecular weight is 272 g/mol. The van der Waals surface area contributed by atoms with Crippen LogP contribution in [0.4, 0.5) is 4.79 Å². The van der Waals surface area contributed by atoms with Crippen molar-refractivity contribution in [3.8, 4) is 0 Å². The number of amides is 2. The van der Waals surface area contributed by atoms with E-state index in [9.17, 15) is 14.4 Å². The molecule has 1 fully saturated rings. The third kappa shape index (κ3) is 5.58. The number of hydrogen-bond acceptors (Lipinski definition) is 3. The molecule has 7 heteroatoms. The topological polar surface area (TPSA) is 107 Å². The van der Waals surface area contributed by atoms with E-state index in [0.29, 0.717) is 5.92 Å². The van der Waals surface area contributed by atoms with Gasteiger partial charge in [-0.15, -0.1) is 0 Å². The number of carbonyl (C=O) groups is 3. The molecular formula is C12H20N2O5. The minimum absolute atomic E-state index is 0.00814. The van der Waals surface area contributed by atoms with Crippen LogP contribution >= 0.6 is 0 Å². The van der Waals surface area contributed by atoms with Gasteiger partial charge in [0.25, 0.3) is 0 Å². The van der Waals surface area contributed by atoms with Crippen LogP contribution in [-0.2, 0) is 9.59 Å². The number of carbonyl (C=O) groups excluding carboxylic acids is 1. The molecule has 1 aliphatic rings. The zero-order chi connectivity index (χ0) is 14.4. The first kappa shape index (κ1) is 15.3. The summed E-state index contributed by atoms with van der Waals surface area (Å²) in [4.78, 5) is 33.9. The Bertz CT molecular complexity index is 334. The Morgan fingerprint density at radius 2 is 1.53 bits per heavy atom. The van der Waals surface area contributed by atoms with E-state index in [1.54, 1.807) is 0 Å². The van der Waals surface area contributed by atoms with Crippen molar-refractivity contribution in [2.75, 3.05) is 13.1 Å². The van der Waals surface area contributed by atoms with E-state index in [1.165, 1.54) is 0 Å². The summed E-state index contributed by atoms with van der Waals surface area (Å²) in [6.45, 7) is 0.932. The van der Waals surface area contributed by atoms with Crippen molar-refractivity contribution in [1.29, 1.82) is 0 Å². The zero-order valence-electron chi connectivity index (χ0n) is 11.0. The van der Waals surface area contributed by atoms with Crippen LogP contribution in [0.2, 0.25) is 0 Å². The van der Waals surface area contributed by atoms with Gasteiger partial charge in [-0.05, 0) is 31.6 Å². The molecule has 0 aliphatic heterocycles. The third-order valence-corrected chi connectivity index (χ3v) is 3.28. The maximum absolute atomic E-state index is 11.9. The lowest BCUT2D eigenvalue weighted by Gasteiger charge is -2.29. The monoisotopic (exact) mass is 272 g/mol. The smallest absolute Gasteiger partial charge is 0.323 e. The fraction of sp³-hybridized carbons (Fsp3) is 0.750. The molecule has 0 aromatic heterocycles. The van der Waals surface area contributed by atoms with Gasteiger partial charge in [-0.25, -0.2) is 4.79 Å². The molecule has 0 atom stereocenters. The second-order valence-corrected chi connectivity index (χ2v) is 5.05. The van der Waals surface area contributed by atoms with Crippen LogP contribution in [0.3, 0.4) is 0 Å². The van der Waals surface area contributed by atoms with Gasteiger partial charge in [0.1, 0.15) is 13.1 Å². The molecule has 19 heavy (non-hydrogen) atoms. The molecule has 0 aromatic rings. The van der Waals surface area contributed by atoms with Crippen molar-refractivity contribution in [2.45, 2.75) is 38.6 Å². The van der Waals surface area contributed by atoms with Crippen LogP contribution in [-0.4, -0.2) is 52.2 Å². The number of carboxylic acids is 2. The standard InChI is InChI=1S/C12H20N2O5/c1-8-2-4-9(5-3-8)13-12(19)14(6-10(15)16)7-11(17)18/h8-9H,2-7H2,1H3,(H,13,19)(H,15,16)(H,17,18). The van der Waals surface area contributed by atoms with Gasteiger partial charge in [0.05, 0.1) is 0 Å². The van der Waals surface area contributed by atoms with Crippen molar-refractivity contribution in [1.82, 2.24) is 10.2 Å². The first-order valence-electron chi connectivity index (χ1n) is 6.37. The van der Waals surface area contributed by atoms with Crippen molar-refractivity contribution in [3.05, 3.63) is 0 Å². The van der Waals surface area contributed by atoms with E-state index < -0.39 is 31.1 Å². The number of nitrogens with zero attached hydrogens (tertiary/aromatic N) is 1. The summed E-state index contributed by atoms with van der Waals surface area (Å²) in [6.07, 6.45) is 3.73.